The van der Waals surface area contributed by atoms with Gasteiger partial charge in [0.1, 0.15) is 0 Å². The lowest BCUT2D eigenvalue weighted by molar-refractivity contribution is -0.137. The van der Waals surface area contributed by atoms with Crippen molar-refractivity contribution in [2.45, 2.75) is 46.5 Å². The Morgan fingerprint density at radius 3 is 2.59 bits per heavy atom. The van der Waals surface area contributed by atoms with Crippen LogP contribution in [-0.2, 0) is 4.79 Å². The van der Waals surface area contributed by atoms with E-state index in [0.29, 0.717) is 6.42 Å². The molecule has 5 nitrogen and oxygen atoms in total. The molecule has 0 saturated carbocycles. The standard InChI is InChI=1S/C24H33N3O2/c1-4-25-19-22(16-18-26-17-10-6-9-13-24(28)29)15-14-20(2)27-21(3)23-11-7-5-8-12-23/h5,7-8,11-12,14-18,25H,4,6,9-10,13,19H2,1-3H3,(H,28,29)/b18-16+,20-14+,22-15+,26-17?,27-21?. The van der Waals surface area contributed by atoms with Gasteiger partial charge in [0.05, 0.1) is 0 Å². The summed E-state index contributed by atoms with van der Waals surface area (Å²) in [5.41, 5.74) is 4.16. The Morgan fingerprint density at radius 2 is 1.90 bits per heavy atom. The van der Waals surface area contributed by atoms with Crippen molar-refractivity contribution < 1.29 is 9.90 Å². The monoisotopic (exact) mass is 395 g/mol. The van der Waals surface area contributed by atoms with E-state index in [2.05, 4.69) is 40.4 Å². The van der Waals surface area contributed by atoms with Crippen LogP contribution in [-0.4, -0.2) is 36.1 Å². The highest BCUT2D eigenvalue weighted by molar-refractivity contribution is 5.99. The van der Waals surface area contributed by atoms with Crippen LogP contribution in [0.1, 0.15) is 52.0 Å². The lowest BCUT2D eigenvalue weighted by Gasteiger charge is -2.03. The highest BCUT2D eigenvalue weighted by Crippen LogP contribution is 2.06. The first-order valence-corrected chi connectivity index (χ1v) is 10.1. The Labute approximate surface area is 174 Å². The second-order valence-corrected chi connectivity index (χ2v) is 6.68. The maximum atomic E-state index is 10.5. The van der Waals surface area contributed by atoms with Crippen molar-refractivity contribution in [1.82, 2.24) is 5.32 Å². The summed E-state index contributed by atoms with van der Waals surface area (Å²) in [5, 5.41) is 11.9. The number of hydrogen-bond donors (Lipinski definition) is 2. The molecule has 0 saturated heterocycles. The molecule has 29 heavy (non-hydrogen) atoms. The number of aliphatic imine (C=N–C) groups is 2. The Balaban J connectivity index is 2.66. The number of rotatable bonds is 13. The van der Waals surface area contributed by atoms with Crippen LogP contribution in [0.15, 0.2) is 76.0 Å². The number of unbranched alkanes of at least 4 members (excludes halogenated alkanes) is 2. The lowest BCUT2D eigenvalue weighted by atomic mass is 10.1. The highest BCUT2D eigenvalue weighted by Gasteiger charge is 1.96. The number of carboxylic acids is 1. The van der Waals surface area contributed by atoms with E-state index in [0.717, 1.165) is 48.5 Å². The summed E-state index contributed by atoms with van der Waals surface area (Å²) in [6, 6.07) is 10.1. The second kappa shape index (κ2) is 15.2. The van der Waals surface area contributed by atoms with Crippen LogP contribution in [0.5, 0.6) is 0 Å². The minimum atomic E-state index is -0.744. The van der Waals surface area contributed by atoms with Gasteiger partial charge < -0.3 is 10.4 Å². The number of aliphatic carboxylic acids is 1. The Kier molecular flexibility index (Phi) is 12.7. The van der Waals surface area contributed by atoms with Crippen molar-refractivity contribution in [1.29, 1.82) is 0 Å². The average molecular weight is 396 g/mol. The molecule has 1 aromatic rings. The van der Waals surface area contributed by atoms with Crippen LogP contribution in [0, 0.1) is 0 Å². The predicted molar refractivity (Wildman–Crippen MR) is 123 cm³/mol. The van der Waals surface area contributed by atoms with Gasteiger partial charge in [-0.3, -0.25) is 14.8 Å². The van der Waals surface area contributed by atoms with Crippen LogP contribution in [0.4, 0.5) is 0 Å². The molecule has 0 fully saturated rings. The topological polar surface area (TPSA) is 74.0 Å². The molecule has 156 valence electrons. The minimum absolute atomic E-state index is 0.219. The summed E-state index contributed by atoms with van der Waals surface area (Å²) < 4.78 is 0. The summed E-state index contributed by atoms with van der Waals surface area (Å²) in [5.74, 6) is -0.744. The zero-order valence-corrected chi connectivity index (χ0v) is 17.8. The molecular weight excluding hydrogens is 362 g/mol. The van der Waals surface area contributed by atoms with Crippen LogP contribution in [0.3, 0.4) is 0 Å². The van der Waals surface area contributed by atoms with E-state index in [1.54, 1.807) is 6.20 Å². The number of carbonyl (C=O) groups is 1. The van der Waals surface area contributed by atoms with Gasteiger partial charge in [0, 0.05) is 36.8 Å². The van der Waals surface area contributed by atoms with Gasteiger partial charge in [-0.25, -0.2) is 0 Å². The number of hydrogen-bond acceptors (Lipinski definition) is 4. The fourth-order valence-corrected chi connectivity index (χ4v) is 2.50. The van der Waals surface area contributed by atoms with E-state index in [1.165, 1.54) is 0 Å². The van der Waals surface area contributed by atoms with Gasteiger partial charge in [0.15, 0.2) is 0 Å². The molecule has 0 atom stereocenters. The largest absolute Gasteiger partial charge is 0.481 e. The van der Waals surface area contributed by atoms with Crippen LogP contribution in [0.25, 0.3) is 0 Å². The molecule has 1 rings (SSSR count). The van der Waals surface area contributed by atoms with E-state index in [-0.39, 0.29) is 6.42 Å². The Hall–Kier alpha value is -2.79. The lowest BCUT2D eigenvalue weighted by Crippen LogP contribution is -2.15. The maximum absolute atomic E-state index is 10.5. The van der Waals surface area contributed by atoms with Gasteiger partial charge in [-0.05, 0) is 62.9 Å². The molecule has 0 aliphatic rings. The zero-order valence-electron chi connectivity index (χ0n) is 17.8. The first-order chi connectivity index (χ1) is 14.0. The molecule has 0 heterocycles. The van der Waals surface area contributed by atoms with Crippen LogP contribution in [0.2, 0.25) is 0 Å². The van der Waals surface area contributed by atoms with Crippen molar-refractivity contribution in [2.75, 3.05) is 13.1 Å². The number of nitrogens with zero attached hydrogens (tertiary/aromatic N) is 2. The van der Waals surface area contributed by atoms with E-state index in [4.69, 9.17) is 5.11 Å². The van der Waals surface area contributed by atoms with Crippen molar-refractivity contribution >= 4 is 17.9 Å². The zero-order chi connectivity index (χ0) is 21.3. The van der Waals surface area contributed by atoms with Gasteiger partial charge >= 0.3 is 5.97 Å². The number of allylic oxidation sites excluding steroid dienone is 3. The number of likely N-dealkylation sites (N-methyl/N-ethyl adjacent to an activating group) is 1. The molecule has 1 aromatic carbocycles. The third kappa shape index (κ3) is 12.3. The normalized spacial score (nSPS) is 13.6. The molecule has 0 radical (unpaired) electrons. The Morgan fingerprint density at radius 1 is 1.14 bits per heavy atom. The third-order valence-electron chi connectivity index (χ3n) is 4.11. The molecule has 0 aliphatic carbocycles. The number of carboxylic acid groups (broad SMARTS) is 1. The smallest absolute Gasteiger partial charge is 0.303 e. The van der Waals surface area contributed by atoms with Crippen molar-refractivity contribution in [3.63, 3.8) is 0 Å². The molecule has 0 unspecified atom stereocenters. The van der Waals surface area contributed by atoms with Gasteiger partial charge in [0.2, 0.25) is 0 Å². The van der Waals surface area contributed by atoms with E-state index in [1.807, 2.05) is 50.4 Å². The summed E-state index contributed by atoms with van der Waals surface area (Å²) >= 11 is 0. The molecule has 0 amide bonds. The molecule has 0 aliphatic heterocycles. The fourth-order valence-electron chi connectivity index (χ4n) is 2.50. The first-order valence-electron chi connectivity index (χ1n) is 10.1. The summed E-state index contributed by atoms with van der Waals surface area (Å²) in [6.45, 7) is 7.73. The third-order valence-corrected chi connectivity index (χ3v) is 4.11. The maximum Gasteiger partial charge on any atom is 0.303 e. The first kappa shape index (κ1) is 24.2. The van der Waals surface area contributed by atoms with Gasteiger partial charge in [-0.15, -0.1) is 0 Å². The molecule has 0 spiro atoms. The van der Waals surface area contributed by atoms with Crippen molar-refractivity contribution in [2.24, 2.45) is 9.98 Å². The number of nitrogens with one attached hydrogen (secondary N) is 1. The molecule has 2 N–H and O–H groups in total. The van der Waals surface area contributed by atoms with Gasteiger partial charge in [0.25, 0.3) is 0 Å². The van der Waals surface area contributed by atoms with Crippen LogP contribution >= 0.6 is 0 Å². The quantitative estimate of drug-likeness (QED) is 0.275. The molecule has 0 bridgehead atoms. The van der Waals surface area contributed by atoms with Crippen molar-refractivity contribution in [3.05, 3.63) is 71.6 Å². The van der Waals surface area contributed by atoms with E-state index in [9.17, 15) is 4.79 Å². The van der Waals surface area contributed by atoms with Crippen LogP contribution < -0.4 is 5.32 Å². The second-order valence-electron chi connectivity index (χ2n) is 6.68. The minimum Gasteiger partial charge on any atom is -0.481 e. The molecular formula is C24H33N3O2. The van der Waals surface area contributed by atoms with Crippen molar-refractivity contribution in [3.8, 4) is 0 Å². The van der Waals surface area contributed by atoms with E-state index >= 15 is 0 Å². The average Bonchev–Trinajstić information content (AvgIpc) is 2.71. The SMILES string of the molecule is CCNCC(/C=C/N=CCCCCC(=O)O)=C/C=C(\C)N=C(C)c1ccccc1. The summed E-state index contributed by atoms with van der Waals surface area (Å²) in [6.07, 6.45) is 12.2. The summed E-state index contributed by atoms with van der Waals surface area (Å²) in [4.78, 5) is 19.4. The Bertz CT molecular complexity index is 760. The fraction of sp³-hybridized carbons (Fsp3) is 0.375. The van der Waals surface area contributed by atoms with Gasteiger partial charge in [-0.2, -0.15) is 0 Å². The van der Waals surface area contributed by atoms with Gasteiger partial charge in [-0.1, -0.05) is 43.3 Å². The van der Waals surface area contributed by atoms with E-state index < -0.39 is 5.97 Å². The number of benzene rings is 1. The summed E-state index contributed by atoms with van der Waals surface area (Å²) in [7, 11) is 0. The predicted octanol–water partition coefficient (Wildman–Crippen LogP) is 5.16. The molecule has 0 aromatic heterocycles. The molecule has 5 heteroatoms. The highest BCUT2D eigenvalue weighted by atomic mass is 16.4.